The normalized spacial score (nSPS) is 22.5. The number of carboxylic acid groups (broad SMARTS) is 1. The van der Waals surface area contributed by atoms with Crippen molar-refractivity contribution in [2.75, 3.05) is 13.7 Å². The van der Waals surface area contributed by atoms with Gasteiger partial charge in [0.15, 0.2) is 0 Å². The molecule has 0 radical (unpaired) electrons. The third kappa shape index (κ3) is 3.65. The Labute approximate surface area is 130 Å². The topological polar surface area (TPSA) is 66.8 Å². The Morgan fingerprint density at radius 2 is 2.05 bits per heavy atom. The van der Waals surface area contributed by atoms with Crippen molar-refractivity contribution >= 4 is 11.9 Å². The number of carbonyl (C=O) groups is 2. The van der Waals surface area contributed by atoms with Crippen LogP contribution in [0.5, 0.6) is 0 Å². The molecule has 2 rings (SSSR count). The second kappa shape index (κ2) is 7.40. The summed E-state index contributed by atoms with van der Waals surface area (Å²) in [7, 11) is 1.55. The molecule has 0 spiro atoms. The van der Waals surface area contributed by atoms with Crippen molar-refractivity contribution in [3.05, 3.63) is 35.9 Å². The number of carboxylic acids is 1. The second-order valence-electron chi connectivity index (χ2n) is 5.71. The predicted octanol–water partition coefficient (Wildman–Crippen LogP) is 2.27. The van der Waals surface area contributed by atoms with Crippen LogP contribution in [0.1, 0.15) is 37.7 Å². The fourth-order valence-corrected chi connectivity index (χ4v) is 3.03. The van der Waals surface area contributed by atoms with Crippen molar-refractivity contribution in [3.8, 4) is 0 Å². The van der Waals surface area contributed by atoms with Crippen molar-refractivity contribution < 1.29 is 19.4 Å². The highest BCUT2D eigenvalue weighted by Gasteiger charge is 2.40. The molecular weight excluding hydrogens is 282 g/mol. The van der Waals surface area contributed by atoms with Crippen LogP contribution < -0.4 is 0 Å². The minimum atomic E-state index is -0.958. The number of amides is 1. The Kier molecular flexibility index (Phi) is 5.55. The first-order valence-electron chi connectivity index (χ1n) is 7.66. The fraction of sp³-hybridized carbons (Fsp3) is 0.529. The van der Waals surface area contributed by atoms with Crippen LogP contribution in [0.15, 0.2) is 30.3 Å². The van der Waals surface area contributed by atoms with Crippen LogP contribution in [-0.2, 0) is 14.3 Å². The number of rotatable bonds is 6. The molecule has 1 fully saturated rings. The molecule has 0 saturated carbocycles. The number of hydrogen-bond acceptors (Lipinski definition) is 3. The maximum Gasteiger partial charge on any atom is 0.326 e. The molecule has 1 N–H and O–H groups in total. The number of aliphatic carboxylic acids is 1. The zero-order valence-corrected chi connectivity index (χ0v) is 13.1. The van der Waals surface area contributed by atoms with Crippen LogP contribution in [0.4, 0.5) is 0 Å². The highest BCUT2D eigenvalue weighted by Crippen LogP contribution is 2.27. The number of benzene rings is 1. The van der Waals surface area contributed by atoms with E-state index in [4.69, 9.17) is 4.74 Å². The molecule has 0 aromatic heterocycles. The van der Waals surface area contributed by atoms with Gasteiger partial charge >= 0.3 is 5.97 Å². The first-order valence-corrected chi connectivity index (χ1v) is 7.66. The molecule has 120 valence electrons. The Hall–Kier alpha value is -1.88. The SMILES string of the molecule is CCC(CC(=O)N1CC(OC)CC1C(=O)O)c1ccccc1. The molecule has 1 aliphatic heterocycles. The lowest BCUT2D eigenvalue weighted by molar-refractivity contribution is -0.148. The van der Waals surface area contributed by atoms with Gasteiger partial charge in [0, 0.05) is 26.5 Å². The zero-order valence-electron chi connectivity index (χ0n) is 13.1. The summed E-state index contributed by atoms with van der Waals surface area (Å²) in [4.78, 5) is 25.4. The van der Waals surface area contributed by atoms with Gasteiger partial charge in [-0.05, 0) is 17.9 Å². The van der Waals surface area contributed by atoms with Crippen LogP contribution in [0.2, 0.25) is 0 Å². The van der Waals surface area contributed by atoms with Crippen molar-refractivity contribution in [2.24, 2.45) is 0 Å². The molecule has 1 aromatic rings. The van der Waals surface area contributed by atoms with E-state index in [2.05, 4.69) is 0 Å². The third-order valence-corrected chi connectivity index (χ3v) is 4.39. The number of methoxy groups -OCH3 is 1. The van der Waals surface area contributed by atoms with Crippen LogP contribution in [-0.4, -0.2) is 47.7 Å². The maximum absolute atomic E-state index is 12.6. The van der Waals surface area contributed by atoms with Crippen molar-refractivity contribution in [1.29, 1.82) is 0 Å². The monoisotopic (exact) mass is 305 g/mol. The smallest absolute Gasteiger partial charge is 0.326 e. The van der Waals surface area contributed by atoms with Gasteiger partial charge in [-0.2, -0.15) is 0 Å². The average molecular weight is 305 g/mol. The second-order valence-corrected chi connectivity index (χ2v) is 5.71. The molecule has 0 bridgehead atoms. The van der Waals surface area contributed by atoms with Crippen LogP contribution >= 0.6 is 0 Å². The van der Waals surface area contributed by atoms with Gasteiger partial charge in [0.2, 0.25) is 5.91 Å². The molecule has 5 heteroatoms. The number of hydrogen-bond donors (Lipinski definition) is 1. The summed E-state index contributed by atoms with van der Waals surface area (Å²) >= 11 is 0. The first-order chi connectivity index (χ1) is 10.6. The minimum Gasteiger partial charge on any atom is -0.480 e. The Morgan fingerprint density at radius 1 is 1.36 bits per heavy atom. The molecule has 0 aliphatic carbocycles. The van der Waals surface area contributed by atoms with Gasteiger partial charge in [-0.3, -0.25) is 4.79 Å². The van der Waals surface area contributed by atoms with Crippen LogP contribution in [0.25, 0.3) is 0 Å². The van der Waals surface area contributed by atoms with Gasteiger partial charge in [-0.1, -0.05) is 37.3 Å². The van der Waals surface area contributed by atoms with E-state index in [9.17, 15) is 14.7 Å². The number of carbonyl (C=O) groups excluding carboxylic acids is 1. The highest BCUT2D eigenvalue weighted by atomic mass is 16.5. The van der Waals surface area contributed by atoms with E-state index >= 15 is 0 Å². The zero-order chi connectivity index (χ0) is 16.1. The van der Waals surface area contributed by atoms with E-state index < -0.39 is 12.0 Å². The molecule has 22 heavy (non-hydrogen) atoms. The Balaban J connectivity index is 2.08. The summed E-state index contributed by atoms with van der Waals surface area (Å²) in [6.07, 6.45) is 1.34. The summed E-state index contributed by atoms with van der Waals surface area (Å²) in [5.74, 6) is -0.951. The van der Waals surface area contributed by atoms with Crippen molar-refractivity contribution in [2.45, 2.75) is 44.2 Å². The standard InChI is InChI=1S/C17H23NO4/c1-3-12(13-7-5-4-6-8-13)9-16(19)18-11-14(22-2)10-15(18)17(20)21/h4-8,12,14-15H,3,9-11H2,1-2H3,(H,20,21). The first kappa shape index (κ1) is 16.5. The number of nitrogens with zero attached hydrogens (tertiary/aromatic N) is 1. The van der Waals surface area contributed by atoms with Gasteiger partial charge in [0.05, 0.1) is 6.10 Å². The van der Waals surface area contributed by atoms with E-state index in [-0.39, 0.29) is 17.9 Å². The Bertz CT molecular complexity index is 517. The van der Waals surface area contributed by atoms with E-state index in [1.54, 1.807) is 7.11 Å². The van der Waals surface area contributed by atoms with Gasteiger partial charge in [-0.15, -0.1) is 0 Å². The summed E-state index contributed by atoms with van der Waals surface area (Å²) in [6, 6.07) is 9.11. The average Bonchev–Trinajstić information content (AvgIpc) is 2.98. The molecule has 3 atom stereocenters. The lowest BCUT2D eigenvalue weighted by Gasteiger charge is -2.24. The molecule has 1 amide bonds. The minimum absolute atomic E-state index is 0.109. The number of likely N-dealkylation sites (tertiary alicyclic amines) is 1. The van der Waals surface area contributed by atoms with Gasteiger partial charge in [-0.25, -0.2) is 4.79 Å². The van der Waals surface area contributed by atoms with Gasteiger partial charge < -0.3 is 14.7 Å². The number of ether oxygens (including phenoxy) is 1. The molecule has 1 aromatic carbocycles. The summed E-state index contributed by atoms with van der Waals surface area (Å²) < 4.78 is 5.23. The molecule has 5 nitrogen and oxygen atoms in total. The van der Waals surface area contributed by atoms with Crippen molar-refractivity contribution in [1.82, 2.24) is 4.90 Å². The summed E-state index contributed by atoms with van der Waals surface area (Å²) in [6.45, 7) is 2.40. The van der Waals surface area contributed by atoms with Crippen molar-refractivity contribution in [3.63, 3.8) is 0 Å². The largest absolute Gasteiger partial charge is 0.480 e. The van der Waals surface area contributed by atoms with Crippen LogP contribution in [0.3, 0.4) is 0 Å². The molecule has 1 aliphatic rings. The van der Waals surface area contributed by atoms with E-state index in [0.717, 1.165) is 12.0 Å². The Morgan fingerprint density at radius 3 is 2.59 bits per heavy atom. The predicted molar refractivity (Wildman–Crippen MR) is 82.6 cm³/mol. The van der Waals surface area contributed by atoms with E-state index in [1.165, 1.54) is 4.90 Å². The summed E-state index contributed by atoms with van der Waals surface area (Å²) in [5.41, 5.74) is 1.12. The van der Waals surface area contributed by atoms with E-state index in [1.807, 2.05) is 37.3 Å². The van der Waals surface area contributed by atoms with E-state index in [0.29, 0.717) is 19.4 Å². The highest BCUT2D eigenvalue weighted by molar-refractivity contribution is 5.85. The van der Waals surface area contributed by atoms with Gasteiger partial charge in [0.25, 0.3) is 0 Å². The fourth-order valence-electron chi connectivity index (χ4n) is 3.03. The third-order valence-electron chi connectivity index (χ3n) is 4.39. The lowest BCUT2D eigenvalue weighted by atomic mass is 9.92. The molecule has 1 saturated heterocycles. The van der Waals surface area contributed by atoms with Gasteiger partial charge in [0.1, 0.15) is 6.04 Å². The maximum atomic E-state index is 12.6. The summed E-state index contributed by atoms with van der Waals surface area (Å²) in [5, 5.41) is 9.30. The quantitative estimate of drug-likeness (QED) is 0.875. The molecule has 3 unspecified atom stereocenters. The molecule has 1 heterocycles. The molecular formula is C17H23NO4. The lowest BCUT2D eigenvalue weighted by Crippen LogP contribution is -2.41. The van der Waals surface area contributed by atoms with Crippen LogP contribution in [0, 0.1) is 0 Å².